The molecule has 0 aromatic heterocycles. The second-order valence-corrected chi connectivity index (χ2v) is 8.52. The molecule has 31 heavy (non-hydrogen) atoms. The minimum atomic E-state index is -0.321. The van der Waals surface area contributed by atoms with E-state index < -0.39 is 0 Å². The molecule has 0 bridgehead atoms. The standard InChI is InChI=1S/C23H21Cl2NO4S/c1-4-6-16-9-15(12-20-22(27)26(3)23(28)31-20)11-19(29-5-2)21(16)30-13-14-7-8-17(24)18(25)10-14/h4,7-12H,1,5-6,13H2,2-3H3/b20-12-. The first-order valence-electron chi connectivity index (χ1n) is 9.53. The van der Waals surface area contributed by atoms with Gasteiger partial charge in [-0.25, -0.2) is 0 Å². The SMILES string of the molecule is C=CCc1cc(/C=C2\SC(=O)N(C)C2=O)cc(OCC)c1OCc1ccc(Cl)c(Cl)c1. The lowest BCUT2D eigenvalue weighted by Gasteiger charge is -2.17. The minimum absolute atomic E-state index is 0.273. The number of halogens is 2. The van der Waals surface area contributed by atoms with Gasteiger partial charge in [0, 0.05) is 12.6 Å². The van der Waals surface area contributed by atoms with Gasteiger partial charge in [-0.1, -0.05) is 35.3 Å². The van der Waals surface area contributed by atoms with Crippen LogP contribution in [-0.2, 0) is 17.8 Å². The molecule has 0 saturated carbocycles. The predicted octanol–water partition coefficient (Wildman–Crippen LogP) is 6.37. The van der Waals surface area contributed by atoms with E-state index in [0.717, 1.165) is 33.4 Å². The molecule has 0 spiro atoms. The highest BCUT2D eigenvalue weighted by Gasteiger charge is 2.31. The highest BCUT2D eigenvalue weighted by molar-refractivity contribution is 8.18. The molecule has 1 aliphatic heterocycles. The Labute approximate surface area is 195 Å². The van der Waals surface area contributed by atoms with E-state index in [9.17, 15) is 9.59 Å². The van der Waals surface area contributed by atoms with Gasteiger partial charge in [-0.3, -0.25) is 14.5 Å². The van der Waals surface area contributed by atoms with Gasteiger partial charge in [0.25, 0.3) is 11.1 Å². The van der Waals surface area contributed by atoms with Crippen molar-refractivity contribution in [3.05, 3.63) is 74.6 Å². The summed E-state index contributed by atoms with van der Waals surface area (Å²) in [6.45, 7) is 6.41. The van der Waals surface area contributed by atoms with Crippen LogP contribution in [0.25, 0.3) is 6.08 Å². The number of hydrogen-bond donors (Lipinski definition) is 0. The Hall–Kier alpha value is -2.41. The van der Waals surface area contributed by atoms with Gasteiger partial charge >= 0.3 is 0 Å². The van der Waals surface area contributed by atoms with Crippen molar-refractivity contribution in [1.29, 1.82) is 0 Å². The lowest BCUT2D eigenvalue weighted by molar-refractivity contribution is -0.121. The molecular weight excluding hydrogens is 457 g/mol. The normalized spacial score (nSPS) is 15.0. The quantitative estimate of drug-likeness (QED) is 0.326. The summed E-state index contributed by atoms with van der Waals surface area (Å²) in [6, 6.07) is 9.02. The van der Waals surface area contributed by atoms with Gasteiger partial charge in [0.2, 0.25) is 0 Å². The monoisotopic (exact) mass is 477 g/mol. The topological polar surface area (TPSA) is 55.8 Å². The van der Waals surface area contributed by atoms with E-state index in [0.29, 0.717) is 39.5 Å². The Balaban J connectivity index is 1.96. The second-order valence-electron chi connectivity index (χ2n) is 6.71. The first kappa shape index (κ1) is 23.3. The van der Waals surface area contributed by atoms with Gasteiger partial charge in [-0.2, -0.15) is 0 Å². The maximum atomic E-state index is 12.2. The molecule has 162 valence electrons. The van der Waals surface area contributed by atoms with Crippen molar-refractivity contribution >= 4 is 52.2 Å². The number of ether oxygens (including phenoxy) is 2. The van der Waals surface area contributed by atoms with E-state index in [-0.39, 0.29) is 17.8 Å². The van der Waals surface area contributed by atoms with Crippen LogP contribution in [0, 0.1) is 0 Å². The lowest BCUT2D eigenvalue weighted by atomic mass is 10.0. The average Bonchev–Trinajstić information content (AvgIpc) is 2.97. The molecule has 1 heterocycles. The number of carbonyl (C=O) groups excluding carboxylic acids is 2. The van der Waals surface area contributed by atoms with E-state index in [1.807, 2.05) is 19.1 Å². The molecule has 0 unspecified atom stereocenters. The van der Waals surface area contributed by atoms with Crippen molar-refractivity contribution in [2.75, 3.05) is 13.7 Å². The van der Waals surface area contributed by atoms with Crippen molar-refractivity contribution in [3.63, 3.8) is 0 Å². The zero-order chi connectivity index (χ0) is 22.5. The van der Waals surface area contributed by atoms with Gasteiger partial charge in [-0.05, 0) is 66.6 Å². The number of hydrogen-bond acceptors (Lipinski definition) is 5. The Morgan fingerprint density at radius 3 is 2.52 bits per heavy atom. The van der Waals surface area contributed by atoms with Gasteiger partial charge < -0.3 is 9.47 Å². The van der Waals surface area contributed by atoms with Crippen molar-refractivity contribution in [1.82, 2.24) is 4.90 Å². The number of benzene rings is 2. The third-order valence-corrected chi connectivity index (χ3v) is 6.17. The molecular formula is C23H21Cl2NO4S. The zero-order valence-electron chi connectivity index (χ0n) is 17.1. The van der Waals surface area contributed by atoms with Crippen molar-refractivity contribution in [2.45, 2.75) is 20.0 Å². The van der Waals surface area contributed by atoms with E-state index in [1.165, 1.54) is 7.05 Å². The minimum Gasteiger partial charge on any atom is -0.490 e. The van der Waals surface area contributed by atoms with Crippen LogP contribution < -0.4 is 9.47 Å². The third kappa shape index (κ3) is 5.45. The highest BCUT2D eigenvalue weighted by Crippen LogP contribution is 2.37. The maximum absolute atomic E-state index is 12.2. The lowest BCUT2D eigenvalue weighted by Crippen LogP contribution is -2.22. The molecule has 8 heteroatoms. The molecule has 0 radical (unpaired) electrons. The first-order valence-corrected chi connectivity index (χ1v) is 11.1. The number of thioether (sulfide) groups is 1. The van der Waals surface area contributed by atoms with Gasteiger partial charge in [0.05, 0.1) is 21.6 Å². The fourth-order valence-corrected chi connectivity index (χ4v) is 4.13. The van der Waals surface area contributed by atoms with Crippen LogP contribution in [0.4, 0.5) is 4.79 Å². The smallest absolute Gasteiger partial charge is 0.293 e. The van der Waals surface area contributed by atoms with E-state index in [1.54, 1.807) is 30.4 Å². The summed E-state index contributed by atoms with van der Waals surface area (Å²) in [7, 11) is 1.47. The Morgan fingerprint density at radius 2 is 1.90 bits per heavy atom. The molecule has 1 saturated heterocycles. The number of nitrogens with zero attached hydrogens (tertiary/aromatic N) is 1. The molecule has 2 amide bonds. The molecule has 1 aliphatic rings. The van der Waals surface area contributed by atoms with Crippen LogP contribution >= 0.6 is 35.0 Å². The summed E-state index contributed by atoms with van der Waals surface area (Å²) < 4.78 is 11.9. The number of amides is 2. The summed E-state index contributed by atoms with van der Waals surface area (Å²) in [5.74, 6) is 0.815. The first-order chi connectivity index (χ1) is 14.8. The van der Waals surface area contributed by atoms with Gasteiger partial charge in [0.1, 0.15) is 6.61 Å². The molecule has 2 aromatic rings. The highest BCUT2D eigenvalue weighted by atomic mass is 35.5. The van der Waals surface area contributed by atoms with E-state index >= 15 is 0 Å². The predicted molar refractivity (Wildman–Crippen MR) is 126 cm³/mol. The van der Waals surface area contributed by atoms with Crippen LogP contribution in [0.3, 0.4) is 0 Å². The van der Waals surface area contributed by atoms with Crippen LogP contribution in [0.5, 0.6) is 11.5 Å². The number of allylic oxidation sites excluding steroid dienone is 1. The molecule has 1 fully saturated rings. The van der Waals surface area contributed by atoms with Crippen molar-refractivity contribution in [2.24, 2.45) is 0 Å². The molecule has 0 atom stereocenters. The summed E-state index contributed by atoms with van der Waals surface area (Å²) >= 11 is 13.0. The Kier molecular flexibility index (Phi) is 7.70. The average molecular weight is 478 g/mol. The molecule has 5 nitrogen and oxygen atoms in total. The molecule has 0 N–H and O–H groups in total. The maximum Gasteiger partial charge on any atom is 0.293 e. The molecule has 3 rings (SSSR count). The summed E-state index contributed by atoms with van der Waals surface area (Å²) in [6.07, 6.45) is 3.99. The number of likely N-dealkylation sites (N-methyl/N-ethyl adjacent to an activating group) is 1. The second kappa shape index (κ2) is 10.3. The summed E-state index contributed by atoms with van der Waals surface area (Å²) in [5.41, 5.74) is 2.45. The zero-order valence-corrected chi connectivity index (χ0v) is 19.4. The Bertz CT molecular complexity index is 1070. The number of imide groups is 1. The largest absolute Gasteiger partial charge is 0.490 e. The van der Waals surface area contributed by atoms with Gasteiger partial charge in [0.15, 0.2) is 11.5 Å². The fourth-order valence-electron chi connectivity index (χ4n) is 2.98. The van der Waals surface area contributed by atoms with Crippen LogP contribution in [0.2, 0.25) is 10.0 Å². The van der Waals surface area contributed by atoms with E-state index in [4.69, 9.17) is 32.7 Å². The summed E-state index contributed by atoms with van der Waals surface area (Å²) in [4.78, 5) is 25.5. The molecule has 0 aliphatic carbocycles. The summed E-state index contributed by atoms with van der Waals surface area (Å²) in [5, 5.41) is 0.641. The van der Waals surface area contributed by atoms with Crippen molar-refractivity contribution < 1.29 is 19.1 Å². The van der Waals surface area contributed by atoms with Crippen molar-refractivity contribution in [3.8, 4) is 11.5 Å². The van der Waals surface area contributed by atoms with Gasteiger partial charge in [-0.15, -0.1) is 6.58 Å². The fraction of sp³-hybridized carbons (Fsp3) is 0.217. The Morgan fingerprint density at radius 1 is 1.13 bits per heavy atom. The van der Waals surface area contributed by atoms with Crippen LogP contribution in [-0.4, -0.2) is 29.7 Å². The van der Waals surface area contributed by atoms with Crippen LogP contribution in [0.15, 0.2) is 47.9 Å². The number of carbonyl (C=O) groups is 2. The van der Waals surface area contributed by atoms with E-state index in [2.05, 4.69) is 6.58 Å². The third-order valence-electron chi connectivity index (χ3n) is 4.47. The van der Waals surface area contributed by atoms with Crippen LogP contribution in [0.1, 0.15) is 23.6 Å². The number of rotatable bonds is 8. The molecule has 2 aromatic carbocycles.